The second-order valence-corrected chi connectivity index (χ2v) is 4.07. The Morgan fingerprint density at radius 1 is 1.50 bits per heavy atom. The van der Waals surface area contributed by atoms with Crippen molar-refractivity contribution in [3.8, 4) is 0 Å². The number of benzene rings is 1. The van der Waals surface area contributed by atoms with Gasteiger partial charge >= 0.3 is 0 Å². The molecule has 0 aromatic heterocycles. The topological polar surface area (TPSA) is 64.3 Å². The van der Waals surface area contributed by atoms with Gasteiger partial charge in [-0.15, -0.1) is 12.4 Å². The van der Waals surface area contributed by atoms with Crippen molar-refractivity contribution in [2.75, 3.05) is 11.9 Å². The first kappa shape index (κ1) is 16.9. The Hall–Kier alpha value is -1.10. The Morgan fingerprint density at radius 2 is 2.22 bits per heavy atom. The smallest absolute Gasteiger partial charge is 0.225 e. The Morgan fingerprint density at radius 3 is 2.83 bits per heavy atom. The predicted molar refractivity (Wildman–Crippen MR) is 75.9 cm³/mol. The highest BCUT2D eigenvalue weighted by molar-refractivity contribution is 5.91. The van der Waals surface area contributed by atoms with E-state index >= 15 is 0 Å². The lowest BCUT2D eigenvalue weighted by Crippen LogP contribution is -2.23. The van der Waals surface area contributed by atoms with Gasteiger partial charge < -0.3 is 15.8 Å². The predicted octanol–water partition coefficient (Wildman–Crippen LogP) is 2.32. The van der Waals surface area contributed by atoms with E-state index in [0.29, 0.717) is 19.6 Å². The molecule has 0 fully saturated rings. The van der Waals surface area contributed by atoms with E-state index in [-0.39, 0.29) is 24.4 Å². The summed E-state index contributed by atoms with van der Waals surface area (Å²) in [7, 11) is 0. The van der Waals surface area contributed by atoms with Crippen LogP contribution in [0.15, 0.2) is 24.3 Å². The molecule has 1 amide bonds. The van der Waals surface area contributed by atoms with Crippen LogP contribution >= 0.6 is 12.4 Å². The van der Waals surface area contributed by atoms with Crippen molar-refractivity contribution in [2.45, 2.75) is 32.9 Å². The van der Waals surface area contributed by atoms with Crippen LogP contribution in [0.4, 0.5) is 5.69 Å². The highest BCUT2D eigenvalue weighted by Crippen LogP contribution is 2.12. The molecular formula is C13H21ClN2O2. The van der Waals surface area contributed by atoms with E-state index in [2.05, 4.69) is 5.32 Å². The second kappa shape index (κ2) is 8.91. The number of nitrogens with one attached hydrogen (secondary N) is 1. The van der Waals surface area contributed by atoms with Crippen molar-refractivity contribution >= 4 is 24.0 Å². The van der Waals surface area contributed by atoms with Crippen LogP contribution in [0.3, 0.4) is 0 Å². The SMILES string of the molecule is CCOCc1cccc(NC(=O)CC(C)N)c1.Cl. The quantitative estimate of drug-likeness (QED) is 0.835. The number of nitrogens with two attached hydrogens (primary N) is 1. The van der Waals surface area contributed by atoms with E-state index in [0.717, 1.165) is 11.3 Å². The maximum atomic E-state index is 11.5. The number of halogens is 1. The van der Waals surface area contributed by atoms with E-state index in [4.69, 9.17) is 10.5 Å². The summed E-state index contributed by atoms with van der Waals surface area (Å²) in [6.07, 6.45) is 0.329. The first-order chi connectivity index (χ1) is 8.11. The molecule has 3 N–H and O–H groups in total. The molecule has 0 spiro atoms. The molecule has 1 aromatic carbocycles. The van der Waals surface area contributed by atoms with Crippen molar-refractivity contribution in [1.82, 2.24) is 0 Å². The van der Waals surface area contributed by atoms with Crippen molar-refractivity contribution in [3.05, 3.63) is 29.8 Å². The largest absolute Gasteiger partial charge is 0.377 e. The summed E-state index contributed by atoms with van der Waals surface area (Å²) in [5.74, 6) is -0.0615. The van der Waals surface area contributed by atoms with Gasteiger partial charge in [0.25, 0.3) is 0 Å². The Kier molecular flexibility index (Phi) is 8.37. The highest BCUT2D eigenvalue weighted by Gasteiger charge is 2.05. The van der Waals surface area contributed by atoms with Crippen LogP contribution in [0.25, 0.3) is 0 Å². The zero-order valence-electron chi connectivity index (χ0n) is 10.8. The Labute approximate surface area is 114 Å². The van der Waals surface area contributed by atoms with E-state index < -0.39 is 0 Å². The molecule has 1 atom stereocenters. The van der Waals surface area contributed by atoms with E-state index in [9.17, 15) is 4.79 Å². The van der Waals surface area contributed by atoms with Gasteiger partial charge in [-0.1, -0.05) is 12.1 Å². The van der Waals surface area contributed by atoms with Crippen LogP contribution in [-0.2, 0) is 16.1 Å². The summed E-state index contributed by atoms with van der Waals surface area (Å²) in [4.78, 5) is 11.5. The normalized spacial score (nSPS) is 11.5. The summed E-state index contributed by atoms with van der Waals surface area (Å²) in [6.45, 7) is 5.01. The van der Waals surface area contributed by atoms with Crippen molar-refractivity contribution in [3.63, 3.8) is 0 Å². The minimum absolute atomic E-state index is 0. The lowest BCUT2D eigenvalue weighted by molar-refractivity contribution is -0.116. The molecule has 0 heterocycles. The van der Waals surface area contributed by atoms with Crippen LogP contribution in [0.2, 0.25) is 0 Å². The first-order valence-electron chi connectivity index (χ1n) is 5.84. The molecule has 0 bridgehead atoms. The van der Waals surface area contributed by atoms with Gasteiger partial charge in [-0.25, -0.2) is 0 Å². The van der Waals surface area contributed by atoms with Gasteiger partial charge in [-0.05, 0) is 31.5 Å². The molecule has 0 radical (unpaired) electrons. The monoisotopic (exact) mass is 272 g/mol. The van der Waals surface area contributed by atoms with Crippen molar-refractivity contribution in [2.24, 2.45) is 5.73 Å². The molecule has 5 heteroatoms. The van der Waals surface area contributed by atoms with E-state index in [1.54, 1.807) is 0 Å². The van der Waals surface area contributed by atoms with Crippen LogP contribution in [0.5, 0.6) is 0 Å². The molecular weight excluding hydrogens is 252 g/mol. The number of carbonyl (C=O) groups is 1. The number of rotatable bonds is 6. The molecule has 0 saturated heterocycles. The summed E-state index contributed by atoms with van der Waals surface area (Å²) in [6, 6.07) is 7.51. The van der Waals surface area contributed by atoms with Crippen molar-refractivity contribution in [1.29, 1.82) is 0 Å². The number of hydrogen-bond acceptors (Lipinski definition) is 3. The van der Waals surface area contributed by atoms with Gasteiger partial charge in [-0.2, -0.15) is 0 Å². The third-order valence-corrected chi connectivity index (χ3v) is 2.19. The van der Waals surface area contributed by atoms with Crippen LogP contribution in [0.1, 0.15) is 25.8 Å². The third-order valence-electron chi connectivity index (χ3n) is 2.19. The summed E-state index contributed by atoms with van der Waals surface area (Å²) in [5.41, 5.74) is 7.39. The lowest BCUT2D eigenvalue weighted by Gasteiger charge is -2.09. The molecule has 0 aliphatic rings. The number of ether oxygens (including phenoxy) is 1. The maximum Gasteiger partial charge on any atom is 0.225 e. The number of hydrogen-bond donors (Lipinski definition) is 2. The average molecular weight is 273 g/mol. The van der Waals surface area contributed by atoms with Crippen LogP contribution in [0, 0.1) is 0 Å². The Balaban J connectivity index is 0.00000289. The zero-order valence-corrected chi connectivity index (χ0v) is 11.6. The lowest BCUT2D eigenvalue weighted by atomic mass is 10.2. The fraction of sp³-hybridized carbons (Fsp3) is 0.462. The molecule has 1 rings (SSSR count). The number of amides is 1. The molecule has 0 aliphatic heterocycles. The average Bonchev–Trinajstić information content (AvgIpc) is 2.25. The summed E-state index contributed by atoms with van der Waals surface area (Å²) in [5, 5.41) is 2.82. The van der Waals surface area contributed by atoms with Gasteiger partial charge in [0.1, 0.15) is 0 Å². The third kappa shape index (κ3) is 6.59. The fourth-order valence-electron chi connectivity index (χ4n) is 1.46. The minimum atomic E-state index is -0.124. The van der Waals surface area contributed by atoms with Gasteiger partial charge in [0, 0.05) is 24.8 Å². The fourth-order valence-corrected chi connectivity index (χ4v) is 1.46. The highest BCUT2D eigenvalue weighted by atomic mass is 35.5. The van der Waals surface area contributed by atoms with Gasteiger partial charge in [0.05, 0.1) is 6.61 Å². The Bertz CT molecular complexity index is 370. The van der Waals surface area contributed by atoms with Crippen molar-refractivity contribution < 1.29 is 9.53 Å². The summed E-state index contributed by atoms with van der Waals surface area (Å²) < 4.78 is 5.31. The second-order valence-electron chi connectivity index (χ2n) is 4.07. The molecule has 1 aromatic rings. The summed E-state index contributed by atoms with van der Waals surface area (Å²) >= 11 is 0. The minimum Gasteiger partial charge on any atom is -0.377 e. The van der Waals surface area contributed by atoms with Gasteiger partial charge in [-0.3, -0.25) is 4.79 Å². The van der Waals surface area contributed by atoms with Gasteiger partial charge in [0.2, 0.25) is 5.91 Å². The van der Waals surface area contributed by atoms with Crippen LogP contribution in [-0.4, -0.2) is 18.6 Å². The standard InChI is InChI=1S/C13H20N2O2.ClH/c1-3-17-9-11-5-4-6-12(8-11)15-13(16)7-10(2)14;/h4-6,8,10H,3,7,9,14H2,1-2H3,(H,15,16);1H. The molecule has 0 aliphatic carbocycles. The van der Waals surface area contributed by atoms with Gasteiger partial charge in [0.15, 0.2) is 0 Å². The maximum absolute atomic E-state index is 11.5. The number of anilines is 1. The molecule has 102 valence electrons. The molecule has 0 saturated carbocycles. The van der Waals surface area contributed by atoms with E-state index in [1.807, 2.05) is 38.1 Å². The molecule has 4 nitrogen and oxygen atoms in total. The number of carbonyl (C=O) groups excluding carboxylic acids is 1. The first-order valence-corrected chi connectivity index (χ1v) is 5.84. The van der Waals surface area contributed by atoms with E-state index in [1.165, 1.54) is 0 Å². The molecule has 18 heavy (non-hydrogen) atoms. The molecule has 1 unspecified atom stereocenters. The zero-order chi connectivity index (χ0) is 12.7. The van der Waals surface area contributed by atoms with Crippen LogP contribution < -0.4 is 11.1 Å².